The van der Waals surface area contributed by atoms with E-state index in [1.54, 1.807) is 29.9 Å². The maximum absolute atomic E-state index is 12.5. The quantitative estimate of drug-likeness (QED) is 0.748. The summed E-state index contributed by atoms with van der Waals surface area (Å²) in [7, 11) is -3.57. The van der Waals surface area contributed by atoms with Crippen LogP contribution in [0.5, 0.6) is 0 Å². The molecule has 0 bridgehead atoms. The van der Waals surface area contributed by atoms with Crippen LogP contribution in [-0.2, 0) is 16.6 Å². The third-order valence-corrected chi connectivity index (χ3v) is 5.94. The van der Waals surface area contributed by atoms with E-state index in [0.717, 1.165) is 5.56 Å². The van der Waals surface area contributed by atoms with E-state index in [1.807, 2.05) is 30.3 Å². The Balaban J connectivity index is 1.89. The summed E-state index contributed by atoms with van der Waals surface area (Å²) >= 11 is 1.19. The molecular formula is C14H14N4O2S2. The number of rotatable bonds is 6. The van der Waals surface area contributed by atoms with Gasteiger partial charge in [0, 0.05) is 0 Å². The summed E-state index contributed by atoms with van der Waals surface area (Å²) in [5.74, 6) is 0. The molecule has 0 spiro atoms. The van der Waals surface area contributed by atoms with Crippen molar-refractivity contribution in [2.75, 3.05) is 0 Å². The summed E-state index contributed by atoms with van der Waals surface area (Å²) in [5, 5.41) is 9.83. The van der Waals surface area contributed by atoms with Crippen LogP contribution < -0.4 is 4.72 Å². The molecule has 2 heterocycles. The van der Waals surface area contributed by atoms with Gasteiger partial charge in [-0.1, -0.05) is 36.4 Å². The van der Waals surface area contributed by atoms with E-state index >= 15 is 0 Å². The molecule has 8 heteroatoms. The number of nitrogens with zero attached hydrogens (tertiary/aromatic N) is 3. The van der Waals surface area contributed by atoms with Gasteiger partial charge in [0.05, 0.1) is 25.0 Å². The summed E-state index contributed by atoms with van der Waals surface area (Å²) in [6.07, 6.45) is 3.13. The van der Waals surface area contributed by atoms with Crippen molar-refractivity contribution in [2.45, 2.75) is 16.8 Å². The Hall–Kier alpha value is -2.03. The van der Waals surface area contributed by atoms with Gasteiger partial charge >= 0.3 is 0 Å². The molecule has 0 aliphatic heterocycles. The van der Waals surface area contributed by atoms with Crippen molar-refractivity contribution in [2.24, 2.45) is 0 Å². The van der Waals surface area contributed by atoms with E-state index in [1.165, 1.54) is 16.1 Å². The second kappa shape index (κ2) is 6.39. The monoisotopic (exact) mass is 334 g/mol. The molecule has 6 nitrogen and oxygen atoms in total. The van der Waals surface area contributed by atoms with Gasteiger partial charge in [0.1, 0.15) is 4.21 Å². The first-order valence-electron chi connectivity index (χ1n) is 6.60. The predicted octanol–water partition coefficient (Wildman–Crippen LogP) is 2.06. The molecule has 0 amide bonds. The molecule has 22 heavy (non-hydrogen) atoms. The lowest BCUT2D eigenvalue weighted by Crippen LogP contribution is -2.31. The Bertz CT molecular complexity index is 800. The molecule has 1 N–H and O–H groups in total. The van der Waals surface area contributed by atoms with Crippen molar-refractivity contribution in [3.05, 3.63) is 65.8 Å². The number of benzene rings is 1. The summed E-state index contributed by atoms with van der Waals surface area (Å²) in [5.41, 5.74) is 0.861. The summed E-state index contributed by atoms with van der Waals surface area (Å²) in [6, 6.07) is 12.3. The van der Waals surface area contributed by atoms with Gasteiger partial charge < -0.3 is 0 Å². The lowest BCUT2D eigenvalue weighted by Gasteiger charge is -2.18. The Morgan fingerprint density at radius 3 is 2.45 bits per heavy atom. The smallest absolute Gasteiger partial charge is 0.206 e. The van der Waals surface area contributed by atoms with Gasteiger partial charge in [-0.05, 0) is 17.0 Å². The molecule has 0 radical (unpaired) electrons. The highest BCUT2D eigenvalue weighted by Gasteiger charge is 2.23. The lowest BCUT2D eigenvalue weighted by molar-refractivity contribution is 0.445. The number of sulfonamides is 1. The van der Waals surface area contributed by atoms with Crippen LogP contribution in [0.2, 0.25) is 0 Å². The van der Waals surface area contributed by atoms with Crippen LogP contribution in [-0.4, -0.2) is 23.4 Å². The Labute approximate surface area is 132 Å². The molecule has 0 saturated carbocycles. The average Bonchev–Trinajstić information content (AvgIpc) is 3.21. The minimum atomic E-state index is -3.57. The van der Waals surface area contributed by atoms with Crippen LogP contribution in [0.3, 0.4) is 0 Å². The topological polar surface area (TPSA) is 76.9 Å². The molecular weight excluding hydrogens is 320 g/mol. The molecule has 0 fully saturated rings. The van der Waals surface area contributed by atoms with Gasteiger partial charge in [0.15, 0.2) is 0 Å². The van der Waals surface area contributed by atoms with E-state index in [2.05, 4.69) is 14.9 Å². The van der Waals surface area contributed by atoms with Crippen molar-refractivity contribution >= 4 is 21.4 Å². The zero-order valence-electron chi connectivity index (χ0n) is 11.5. The van der Waals surface area contributed by atoms with Crippen LogP contribution in [0, 0.1) is 0 Å². The first-order valence-corrected chi connectivity index (χ1v) is 8.96. The number of hydrogen-bond donors (Lipinski definition) is 1. The van der Waals surface area contributed by atoms with Gasteiger partial charge in [0.25, 0.3) is 10.0 Å². The van der Waals surface area contributed by atoms with E-state index in [-0.39, 0.29) is 0 Å². The number of thiophene rings is 1. The lowest BCUT2D eigenvalue weighted by atomic mass is 10.1. The molecule has 0 aliphatic carbocycles. The first kappa shape index (κ1) is 14.9. The fraction of sp³-hybridized carbons (Fsp3) is 0.143. The van der Waals surface area contributed by atoms with Crippen molar-refractivity contribution in [3.63, 3.8) is 0 Å². The zero-order valence-corrected chi connectivity index (χ0v) is 13.2. The summed E-state index contributed by atoms with van der Waals surface area (Å²) < 4.78 is 27.9. The maximum Gasteiger partial charge on any atom is 0.250 e. The molecule has 0 aliphatic rings. The standard InChI is InChI=1S/C14H14N4O2S2/c19-22(20,14-7-4-10-21-14)17-13(11-18-15-8-9-16-18)12-5-2-1-3-6-12/h1-10,13,17H,11H2/t13-/m1/s1. The van der Waals surface area contributed by atoms with Crippen molar-refractivity contribution < 1.29 is 8.42 Å². The van der Waals surface area contributed by atoms with Crippen molar-refractivity contribution in [1.82, 2.24) is 19.7 Å². The minimum absolute atomic E-state index is 0.293. The third kappa shape index (κ3) is 3.41. The average molecular weight is 334 g/mol. The van der Waals surface area contributed by atoms with E-state index in [4.69, 9.17) is 0 Å². The third-order valence-electron chi connectivity index (χ3n) is 3.07. The fourth-order valence-electron chi connectivity index (χ4n) is 2.06. The van der Waals surface area contributed by atoms with Crippen LogP contribution in [0.4, 0.5) is 0 Å². The van der Waals surface area contributed by atoms with Gasteiger partial charge in [-0.25, -0.2) is 13.1 Å². The number of aromatic nitrogens is 3. The SMILES string of the molecule is O=S(=O)(N[C@H](Cn1nccn1)c1ccccc1)c1cccs1. The zero-order chi connectivity index (χ0) is 15.4. The van der Waals surface area contributed by atoms with E-state index in [0.29, 0.717) is 10.8 Å². The van der Waals surface area contributed by atoms with Gasteiger partial charge in [-0.2, -0.15) is 15.0 Å². The maximum atomic E-state index is 12.5. The minimum Gasteiger partial charge on any atom is -0.206 e. The van der Waals surface area contributed by atoms with Crippen LogP contribution in [0.25, 0.3) is 0 Å². The van der Waals surface area contributed by atoms with E-state index in [9.17, 15) is 8.42 Å². The first-order chi connectivity index (χ1) is 10.6. The van der Waals surface area contributed by atoms with Gasteiger partial charge in [-0.15, -0.1) is 11.3 Å². The Morgan fingerprint density at radius 1 is 1.09 bits per heavy atom. The molecule has 1 atom stereocenters. The van der Waals surface area contributed by atoms with Gasteiger partial charge in [0.2, 0.25) is 0 Å². The van der Waals surface area contributed by atoms with Crippen LogP contribution >= 0.6 is 11.3 Å². The normalized spacial score (nSPS) is 13.1. The second-order valence-electron chi connectivity index (χ2n) is 4.60. The summed E-state index contributed by atoms with van der Waals surface area (Å²) in [6.45, 7) is 0.321. The Morgan fingerprint density at radius 2 is 1.82 bits per heavy atom. The van der Waals surface area contributed by atoms with E-state index < -0.39 is 16.1 Å². The highest BCUT2D eigenvalue weighted by Crippen LogP contribution is 2.21. The van der Waals surface area contributed by atoms with Crippen molar-refractivity contribution in [1.29, 1.82) is 0 Å². The number of nitrogens with one attached hydrogen (secondary N) is 1. The molecule has 0 saturated heterocycles. The van der Waals surface area contributed by atoms with Crippen molar-refractivity contribution in [3.8, 4) is 0 Å². The molecule has 1 aromatic carbocycles. The number of hydrogen-bond acceptors (Lipinski definition) is 5. The fourth-order valence-corrected chi connectivity index (χ4v) is 4.28. The molecule has 2 aromatic heterocycles. The Kier molecular flexibility index (Phi) is 4.32. The predicted molar refractivity (Wildman–Crippen MR) is 83.8 cm³/mol. The second-order valence-corrected chi connectivity index (χ2v) is 7.49. The molecule has 0 unspecified atom stereocenters. The molecule has 3 rings (SSSR count). The van der Waals surface area contributed by atoms with Gasteiger partial charge in [-0.3, -0.25) is 0 Å². The highest BCUT2D eigenvalue weighted by molar-refractivity contribution is 7.91. The largest absolute Gasteiger partial charge is 0.250 e. The van der Waals surface area contributed by atoms with Crippen LogP contribution in [0.1, 0.15) is 11.6 Å². The highest BCUT2D eigenvalue weighted by atomic mass is 32.2. The van der Waals surface area contributed by atoms with Crippen LogP contribution in [0.15, 0.2) is 64.4 Å². The molecule has 114 valence electrons. The molecule has 3 aromatic rings. The summed E-state index contributed by atoms with van der Waals surface area (Å²) in [4.78, 5) is 1.47.